The predicted octanol–water partition coefficient (Wildman–Crippen LogP) is -3.80. The van der Waals surface area contributed by atoms with Crippen molar-refractivity contribution in [3.63, 3.8) is 0 Å². The van der Waals surface area contributed by atoms with Crippen molar-refractivity contribution < 1.29 is 26.7 Å². The molecular weight excluding hydrogens is 178 g/mol. The van der Waals surface area contributed by atoms with Crippen molar-refractivity contribution in [3.8, 4) is 0 Å². The summed E-state index contributed by atoms with van der Waals surface area (Å²) in [6.07, 6.45) is 0. The van der Waals surface area contributed by atoms with Gasteiger partial charge in [0.2, 0.25) is 0 Å². The van der Waals surface area contributed by atoms with E-state index in [9.17, 15) is 0 Å². The van der Waals surface area contributed by atoms with E-state index in [-0.39, 0.29) is 62.7 Å². The molecule has 0 aromatic carbocycles. The fourth-order valence-corrected chi connectivity index (χ4v) is 0. The summed E-state index contributed by atoms with van der Waals surface area (Å²) < 4.78 is 0. The average molecular weight is 188 g/mol. The fourth-order valence-electron chi connectivity index (χ4n) is 0. The van der Waals surface area contributed by atoms with Crippen molar-refractivity contribution in [2.24, 2.45) is 0 Å². The van der Waals surface area contributed by atoms with Crippen molar-refractivity contribution in [1.29, 1.82) is 0 Å². The van der Waals surface area contributed by atoms with Gasteiger partial charge >= 0.3 is 46.8 Å². The first kappa shape index (κ1) is 22.6. The Balaban J connectivity index is -0.00000000800. The SMILES string of the molecule is F.O[Si](O)(O)O.[AlH3].[Ca+2].[H-].[H-]. The van der Waals surface area contributed by atoms with E-state index in [0.29, 0.717) is 0 Å². The summed E-state index contributed by atoms with van der Waals surface area (Å²) in [4.78, 5) is 29.3. The van der Waals surface area contributed by atoms with Crippen LogP contribution in [-0.4, -0.2) is 83.3 Å². The van der Waals surface area contributed by atoms with E-state index >= 15 is 0 Å². The zero-order valence-corrected chi connectivity index (χ0v) is 6.61. The van der Waals surface area contributed by atoms with Crippen LogP contribution in [0.4, 0.5) is 4.70 Å². The average Bonchev–Trinajstić information content (AvgIpc) is 0.722. The summed E-state index contributed by atoms with van der Waals surface area (Å²) in [6.45, 7) is 0. The van der Waals surface area contributed by atoms with E-state index in [0.717, 1.165) is 0 Å². The van der Waals surface area contributed by atoms with Crippen LogP contribution in [0.1, 0.15) is 2.85 Å². The van der Waals surface area contributed by atoms with Crippen molar-refractivity contribution in [1.82, 2.24) is 0 Å². The third-order valence-electron chi connectivity index (χ3n) is 0. The van der Waals surface area contributed by atoms with Crippen LogP contribution in [0.3, 0.4) is 0 Å². The second-order valence-corrected chi connectivity index (χ2v) is 1.80. The van der Waals surface area contributed by atoms with Crippen LogP contribution in [-0.2, 0) is 0 Å². The van der Waals surface area contributed by atoms with Crippen molar-refractivity contribution in [2.75, 3.05) is 0 Å². The Labute approximate surface area is 90.1 Å². The summed E-state index contributed by atoms with van der Waals surface area (Å²) in [6, 6.07) is 0. The molecule has 0 bridgehead atoms. The summed E-state index contributed by atoms with van der Waals surface area (Å²) in [7, 11) is -4.61. The van der Waals surface area contributed by atoms with Gasteiger partial charge in [0.15, 0.2) is 17.4 Å². The predicted molar refractivity (Wildman–Crippen MR) is 35.0 cm³/mol. The zero-order valence-electron chi connectivity index (χ0n) is 5.40. The zero-order chi connectivity index (χ0) is 4.50. The molecular formula is H10AlCaFO4Si. The molecule has 0 amide bonds. The van der Waals surface area contributed by atoms with Gasteiger partial charge in [0, 0.05) is 0 Å². The maximum atomic E-state index is 7.33. The number of hydrogen-bond donors (Lipinski definition) is 4. The van der Waals surface area contributed by atoms with E-state index < -0.39 is 9.05 Å². The molecule has 0 rings (SSSR count). The van der Waals surface area contributed by atoms with Crippen LogP contribution in [0.2, 0.25) is 0 Å². The smallest absolute Gasteiger partial charge is 1.00 e. The number of rotatable bonds is 0. The second kappa shape index (κ2) is 8.78. The Hall–Kier alpha value is 1.78. The third kappa shape index (κ3) is 113. The first-order valence-electron chi connectivity index (χ1n) is 0.894. The van der Waals surface area contributed by atoms with E-state index in [4.69, 9.17) is 19.2 Å². The quantitative estimate of drug-likeness (QED) is 0.294. The Morgan fingerprint density at radius 2 is 1.00 bits per heavy atom. The van der Waals surface area contributed by atoms with Crippen molar-refractivity contribution >= 4 is 64.1 Å². The van der Waals surface area contributed by atoms with E-state index in [1.165, 1.54) is 0 Å². The first-order valence-corrected chi connectivity index (χ1v) is 2.68. The Bertz CT molecular complexity index is 38.7. The molecule has 8 heteroatoms. The standard InChI is InChI=1S/Al.Ca.FH.H4O4Si.5H/c;;;1-5(2,3)4;;;;;/h;;1H;1-4H;;;;;/q;+2;;;;;;2*-1. The normalized spacial score (nSPS) is 7.50. The van der Waals surface area contributed by atoms with Gasteiger partial charge in [-0.05, 0) is 0 Å². The van der Waals surface area contributed by atoms with Gasteiger partial charge < -0.3 is 22.0 Å². The molecule has 0 aromatic heterocycles. The minimum Gasteiger partial charge on any atom is -1.00 e. The molecule has 50 valence electrons. The summed E-state index contributed by atoms with van der Waals surface area (Å²) >= 11 is 0. The van der Waals surface area contributed by atoms with E-state index in [1.807, 2.05) is 0 Å². The second-order valence-electron chi connectivity index (χ2n) is 0.600. The van der Waals surface area contributed by atoms with Crippen LogP contribution in [0, 0.1) is 0 Å². The molecule has 0 spiro atoms. The number of halogens is 1. The Morgan fingerprint density at radius 3 is 1.00 bits per heavy atom. The van der Waals surface area contributed by atoms with Crippen LogP contribution in [0.15, 0.2) is 0 Å². The number of hydrogen-bond acceptors (Lipinski definition) is 4. The summed E-state index contributed by atoms with van der Waals surface area (Å²) in [5.74, 6) is 0. The maximum Gasteiger partial charge on any atom is 2.00 e. The molecule has 0 aliphatic rings. The topological polar surface area (TPSA) is 80.9 Å². The van der Waals surface area contributed by atoms with Crippen LogP contribution in [0.25, 0.3) is 0 Å². The molecule has 0 saturated heterocycles. The molecule has 0 radical (unpaired) electrons. The van der Waals surface area contributed by atoms with Gasteiger partial charge in [-0.15, -0.1) is 0 Å². The largest absolute Gasteiger partial charge is 2.00 e. The molecule has 4 N–H and O–H groups in total. The molecule has 0 fully saturated rings. The third-order valence-corrected chi connectivity index (χ3v) is 0. The van der Waals surface area contributed by atoms with Gasteiger partial charge in [0.1, 0.15) is 0 Å². The fraction of sp³-hybridized carbons (Fsp3) is 0. The summed E-state index contributed by atoms with van der Waals surface area (Å²) in [5.41, 5.74) is 0. The maximum absolute atomic E-state index is 7.33. The monoisotopic (exact) mass is 188 g/mol. The minimum absolute atomic E-state index is 0. The van der Waals surface area contributed by atoms with Gasteiger partial charge in [-0.1, -0.05) is 0 Å². The molecule has 0 saturated carbocycles. The van der Waals surface area contributed by atoms with Crippen molar-refractivity contribution in [2.45, 2.75) is 0 Å². The molecule has 0 unspecified atom stereocenters. The molecule has 8 heavy (non-hydrogen) atoms. The first-order chi connectivity index (χ1) is 2.00. The summed E-state index contributed by atoms with van der Waals surface area (Å²) in [5, 5.41) is 0. The Morgan fingerprint density at radius 1 is 1.00 bits per heavy atom. The van der Waals surface area contributed by atoms with Gasteiger partial charge in [0.25, 0.3) is 0 Å². The van der Waals surface area contributed by atoms with Crippen molar-refractivity contribution in [3.05, 3.63) is 0 Å². The van der Waals surface area contributed by atoms with Gasteiger partial charge in [0.05, 0.1) is 0 Å². The minimum atomic E-state index is -4.61. The molecule has 0 atom stereocenters. The van der Waals surface area contributed by atoms with Crippen LogP contribution in [0.5, 0.6) is 0 Å². The molecule has 4 nitrogen and oxygen atoms in total. The molecule has 0 aliphatic carbocycles. The van der Waals surface area contributed by atoms with E-state index in [1.54, 1.807) is 0 Å². The van der Waals surface area contributed by atoms with Crippen LogP contribution < -0.4 is 0 Å². The van der Waals surface area contributed by atoms with E-state index in [2.05, 4.69) is 0 Å². The van der Waals surface area contributed by atoms with Gasteiger partial charge in [-0.25, -0.2) is 0 Å². The molecule has 0 aromatic rings. The van der Waals surface area contributed by atoms with Crippen LogP contribution >= 0.6 is 0 Å². The molecule has 0 heterocycles. The van der Waals surface area contributed by atoms with Gasteiger partial charge in [-0.2, -0.15) is 0 Å². The Kier molecular flexibility index (Phi) is 24.8. The van der Waals surface area contributed by atoms with Gasteiger partial charge in [-0.3, -0.25) is 4.70 Å². The molecule has 0 aliphatic heterocycles.